The summed E-state index contributed by atoms with van der Waals surface area (Å²) in [4.78, 5) is 23.4. The van der Waals surface area contributed by atoms with Crippen LogP contribution in [-0.4, -0.2) is 22.4 Å². The summed E-state index contributed by atoms with van der Waals surface area (Å²) in [7, 11) is 0. The monoisotopic (exact) mass is 382 g/mol. The number of hydrogen-bond acceptors (Lipinski definition) is 4. The van der Waals surface area contributed by atoms with Gasteiger partial charge in [0.2, 0.25) is 0 Å². The molecular weight excluding hydrogens is 367 g/mol. The Morgan fingerprint density at radius 1 is 1.19 bits per heavy atom. The Balaban J connectivity index is 1.63. The molecule has 5 nitrogen and oxygen atoms in total. The molecule has 3 aromatic rings. The highest BCUT2D eigenvalue weighted by Gasteiger charge is 2.22. The molecule has 1 N–H and O–H groups in total. The number of amides is 1. The first-order chi connectivity index (χ1) is 13.0. The minimum Gasteiger partial charge on any atom is -0.326 e. The van der Waals surface area contributed by atoms with Crippen LogP contribution in [0.25, 0.3) is 0 Å². The molecule has 0 aliphatic carbocycles. The maximum Gasteiger partial charge on any atom is 0.274 e. The van der Waals surface area contributed by atoms with Gasteiger partial charge in [0.1, 0.15) is 23.2 Å². The molecule has 2 heterocycles. The van der Waals surface area contributed by atoms with Gasteiger partial charge >= 0.3 is 0 Å². The first kappa shape index (κ1) is 17.4. The predicted octanol–water partition coefficient (Wildman–Crippen LogP) is 4.52. The third-order valence-corrected chi connectivity index (χ3v) is 4.69. The lowest BCUT2D eigenvalue weighted by molar-refractivity contribution is 0.102. The number of para-hydroxylation sites is 1. The fourth-order valence-corrected chi connectivity index (χ4v) is 3.33. The number of hydrogen-bond donors (Lipinski definition) is 1. The summed E-state index contributed by atoms with van der Waals surface area (Å²) in [6.07, 6.45) is 0.925. The van der Waals surface area contributed by atoms with E-state index in [0.29, 0.717) is 17.3 Å². The summed E-state index contributed by atoms with van der Waals surface area (Å²) in [6, 6.07) is 13.8. The minimum absolute atomic E-state index is 0.0546. The van der Waals surface area contributed by atoms with Crippen molar-refractivity contribution >= 4 is 34.7 Å². The number of nitrogens with zero attached hydrogens (tertiary/aromatic N) is 3. The van der Waals surface area contributed by atoms with Crippen LogP contribution in [0.15, 0.2) is 48.5 Å². The van der Waals surface area contributed by atoms with Crippen LogP contribution >= 0.6 is 11.6 Å². The van der Waals surface area contributed by atoms with E-state index in [2.05, 4.69) is 26.3 Å². The van der Waals surface area contributed by atoms with Crippen molar-refractivity contribution in [3.8, 4) is 0 Å². The average molecular weight is 383 g/mol. The summed E-state index contributed by atoms with van der Waals surface area (Å²) in [5, 5.41) is 2.64. The number of rotatable bonds is 3. The van der Waals surface area contributed by atoms with E-state index in [1.165, 1.54) is 23.8 Å². The quantitative estimate of drug-likeness (QED) is 0.723. The molecule has 7 heteroatoms. The second-order valence-corrected chi connectivity index (χ2v) is 6.68. The van der Waals surface area contributed by atoms with E-state index in [1.807, 2.05) is 18.2 Å². The Morgan fingerprint density at radius 3 is 2.81 bits per heavy atom. The summed E-state index contributed by atoms with van der Waals surface area (Å²) < 4.78 is 13.3. The maximum atomic E-state index is 13.3. The highest BCUT2D eigenvalue weighted by atomic mass is 35.5. The lowest BCUT2D eigenvalue weighted by atomic mass is 10.2. The molecule has 0 spiro atoms. The molecule has 1 amide bonds. The highest BCUT2D eigenvalue weighted by Crippen LogP contribution is 2.33. The molecule has 0 fully saturated rings. The Morgan fingerprint density at radius 2 is 2.00 bits per heavy atom. The largest absolute Gasteiger partial charge is 0.326 e. The SMILES string of the molecule is Cc1nc(C(=O)Nc2ccc(F)c(Cl)c2)cc(N2CCc3ccccc32)n1. The van der Waals surface area contributed by atoms with Crippen molar-refractivity contribution in [3.63, 3.8) is 0 Å². The Kier molecular flexibility index (Phi) is 4.49. The molecule has 1 aliphatic rings. The van der Waals surface area contributed by atoms with E-state index in [-0.39, 0.29) is 10.7 Å². The van der Waals surface area contributed by atoms with Gasteiger partial charge in [0, 0.05) is 24.0 Å². The molecule has 0 bridgehead atoms. The number of aromatic nitrogens is 2. The van der Waals surface area contributed by atoms with Crippen molar-refractivity contribution in [3.05, 3.63) is 76.5 Å². The van der Waals surface area contributed by atoms with Gasteiger partial charge in [-0.15, -0.1) is 0 Å². The fourth-order valence-electron chi connectivity index (χ4n) is 3.15. The van der Waals surface area contributed by atoms with E-state index in [1.54, 1.807) is 13.0 Å². The van der Waals surface area contributed by atoms with Crippen LogP contribution in [0.4, 0.5) is 21.6 Å². The third kappa shape index (κ3) is 3.48. The smallest absolute Gasteiger partial charge is 0.274 e. The van der Waals surface area contributed by atoms with Crippen molar-refractivity contribution in [2.24, 2.45) is 0 Å². The second-order valence-electron chi connectivity index (χ2n) is 6.27. The van der Waals surface area contributed by atoms with Crippen LogP contribution in [-0.2, 0) is 6.42 Å². The van der Waals surface area contributed by atoms with Crippen LogP contribution in [0.3, 0.4) is 0 Å². The molecule has 0 atom stereocenters. The van der Waals surface area contributed by atoms with E-state index >= 15 is 0 Å². The van der Waals surface area contributed by atoms with Gasteiger partial charge in [-0.3, -0.25) is 4.79 Å². The lowest BCUT2D eigenvalue weighted by Crippen LogP contribution is -2.19. The number of nitrogens with one attached hydrogen (secondary N) is 1. The van der Waals surface area contributed by atoms with Gasteiger partial charge in [0.25, 0.3) is 5.91 Å². The van der Waals surface area contributed by atoms with Crippen molar-refractivity contribution in [2.75, 3.05) is 16.8 Å². The Bertz CT molecular complexity index is 1040. The molecule has 0 unspecified atom stereocenters. The summed E-state index contributed by atoms with van der Waals surface area (Å²) >= 11 is 5.77. The van der Waals surface area contributed by atoms with Crippen molar-refractivity contribution < 1.29 is 9.18 Å². The van der Waals surface area contributed by atoms with Crippen LogP contribution in [0.2, 0.25) is 5.02 Å². The molecule has 0 radical (unpaired) electrons. The van der Waals surface area contributed by atoms with Crippen molar-refractivity contribution in [1.29, 1.82) is 0 Å². The third-order valence-electron chi connectivity index (χ3n) is 4.40. The van der Waals surface area contributed by atoms with E-state index < -0.39 is 11.7 Å². The van der Waals surface area contributed by atoms with Gasteiger partial charge in [-0.2, -0.15) is 0 Å². The zero-order valence-corrected chi connectivity index (χ0v) is 15.3. The first-order valence-corrected chi connectivity index (χ1v) is 8.86. The Hall–Kier alpha value is -2.99. The summed E-state index contributed by atoms with van der Waals surface area (Å²) in [6.45, 7) is 2.54. The number of halogens is 2. The number of aryl methyl sites for hydroxylation is 1. The maximum absolute atomic E-state index is 13.3. The predicted molar refractivity (Wildman–Crippen MR) is 103 cm³/mol. The number of carbonyl (C=O) groups excluding carboxylic acids is 1. The first-order valence-electron chi connectivity index (χ1n) is 8.49. The number of benzene rings is 2. The number of anilines is 3. The van der Waals surface area contributed by atoms with Crippen LogP contribution in [0.5, 0.6) is 0 Å². The standard InChI is InChI=1S/C20H16ClFN4O/c1-12-23-17(20(27)25-14-6-7-16(22)15(21)10-14)11-19(24-12)26-9-8-13-4-2-3-5-18(13)26/h2-7,10-11H,8-9H2,1H3,(H,25,27). The van der Waals surface area contributed by atoms with Crippen molar-refractivity contribution in [1.82, 2.24) is 9.97 Å². The van der Waals surface area contributed by atoms with Crippen LogP contribution in [0.1, 0.15) is 21.9 Å². The average Bonchev–Trinajstić information content (AvgIpc) is 3.08. The fraction of sp³-hybridized carbons (Fsp3) is 0.150. The van der Waals surface area contributed by atoms with Crippen LogP contribution < -0.4 is 10.2 Å². The van der Waals surface area contributed by atoms with E-state index in [4.69, 9.17) is 11.6 Å². The molecule has 1 aliphatic heterocycles. The minimum atomic E-state index is -0.539. The molecule has 0 saturated heterocycles. The van der Waals surface area contributed by atoms with Gasteiger partial charge in [-0.25, -0.2) is 14.4 Å². The summed E-state index contributed by atoms with van der Waals surface area (Å²) in [5.74, 6) is 0.230. The van der Waals surface area contributed by atoms with Gasteiger partial charge in [-0.1, -0.05) is 29.8 Å². The van der Waals surface area contributed by atoms with Crippen LogP contribution in [0, 0.1) is 12.7 Å². The second kappa shape index (κ2) is 6.96. The van der Waals surface area contributed by atoms with E-state index in [0.717, 1.165) is 18.7 Å². The van der Waals surface area contributed by atoms with Crippen molar-refractivity contribution in [2.45, 2.75) is 13.3 Å². The zero-order chi connectivity index (χ0) is 19.0. The number of carbonyl (C=O) groups is 1. The topological polar surface area (TPSA) is 58.1 Å². The molecule has 1 aromatic heterocycles. The van der Waals surface area contributed by atoms with Gasteiger partial charge in [0.05, 0.1) is 5.02 Å². The Labute approximate surface area is 160 Å². The molecule has 2 aromatic carbocycles. The zero-order valence-electron chi connectivity index (χ0n) is 14.5. The molecule has 136 valence electrons. The number of fused-ring (bicyclic) bond motifs is 1. The highest BCUT2D eigenvalue weighted by molar-refractivity contribution is 6.31. The lowest BCUT2D eigenvalue weighted by Gasteiger charge is -2.19. The molecule has 0 saturated carbocycles. The van der Waals surface area contributed by atoms with Gasteiger partial charge in [-0.05, 0) is 43.2 Å². The molecule has 4 rings (SSSR count). The summed E-state index contributed by atoms with van der Waals surface area (Å²) in [5.41, 5.74) is 2.98. The molecule has 27 heavy (non-hydrogen) atoms. The van der Waals surface area contributed by atoms with Gasteiger partial charge < -0.3 is 10.2 Å². The normalized spacial score (nSPS) is 12.8. The van der Waals surface area contributed by atoms with Gasteiger partial charge in [0.15, 0.2) is 0 Å². The van der Waals surface area contributed by atoms with E-state index in [9.17, 15) is 9.18 Å². The molecular formula is C20H16ClFN4O.